The third kappa shape index (κ3) is 5.58. The maximum atomic E-state index is 13.9. The molecule has 2 atom stereocenters. The van der Waals surface area contributed by atoms with Crippen LogP contribution in [0.3, 0.4) is 0 Å². The highest BCUT2D eigenvalue weighted by Gasteiger charge is 2.45. The number of hydrogen-bond acceptors (Lipinski definition) is 7. The Bertz CT molecular complexity index is 1700. The summed E-state index contributed by atoms with van der Waals surface area (Å²) in [6, 6.07) is 14.1. The Labute approximate surface area is 224 Å². The quantitative estimate of drug-likeness (QED) is 0.439. The number of aliphatic hydroxyl groups excluding tert-OH is 1. The average molecular weight is 579 g/mol. The Kier molecular flexibility index (Phi) is 7.38. The average Bonchev–Trinajstić information content (AvgIpc) is 3.05. The van der Waals surface area contributed by atoms with Crippen LogP contribution in [0.2, 0.25) is 0 Å². The minimum atomic E-state index is -4.30. The fourth-order valence-corrected chi connectivity index (χ4v) is 9.76. The molecular weight excluding hydrogens is 548 g/mol. The number of rotatable bonds is 7. The highest BCUT2D eigenvalue weighted by Crippen LogP contribution is 2.33. The molecule has 0 saturated carbocycles. The highest BCUT2D eigenvalue weighted by atomic mass is 32.2. The van der Waals surface area contributed by atoms with Crippen LogP contribution in [-0.2, 0) is 29.9 Å². The van der Waals surface area contributed by atoms with E-state index in [2.05, 4.69) is 4.72 Å². The summed E-state index contributed by atoms with van der Waals surface area (Å²) < 4.78 is 81.7. The third-order valence-corrected chi connectivity index (χ3v) is 11.7. The van der Waals surface area contributed by atoms with Gasteiger partial charge in [-0.05, 0) is 75.2 Å². The van der Waals surface area contributed by atoms with Crippen molar-refractivity contribution in [1.29, 1.82) is 0 Å². The molecule has 1 aliphatic heterocycles. The van der Waals surface area contributed by atoms with Crippen molar-refractivity contribution in [1.82, 2.24) is 0 Å². The molecule has 1 saturated heterocycles. The number of anilines is 2. The SMILES string of the molecule is Cc1ccc(S(=O)(=O)Nc2ccc(N([C@H]3CS(=O)(=O)C[C@H]3O)S(=O)(=O)c3ccc(C)cc3C)cc2)c(C)c1. The van der Waals surface area contributed by atoms with Gasteiger partial charge in [-0.1, -0.05) is 35.4 Å². The van der Waals surface area contributed by atoms with Crippen molar-refractivity contribution in [3.8, 4) is 0 Å². The summed E-state index contributed by atoms with van der Waals surface area (Å²) >= 11 is 0. The monoisotopic (exact) mass is 578 g/mol. The lowest BCUT2D eigenvalue weighted by Gasteiger charge is -2.32. The van der Waals surface area contributed by atoms with E-state index in [0.29, 0.717) is 11.1 Å². The molecular formula is C26H30N2O7S3. The van der Waals surface area contributed by atoms with Crippen molar-refractivity contribution in [2.45, 2.75) is 49.6 Å². The zero-order valence-corrected chi connectivity index (χ0v) is 23.9. The Hall–Kier alpha value is -2.93. The molecule has 204 valence electrons. The summed E-state index contributed by atoms with van der Waals surface area (Å²) in [4.78, 5) is 0.102. The lowest BCUT2D eigenvalue weighted by molar-refractivity contribution is 0.184. The van der Waals surface area contributed by atoms with Gasteiger partial charge in [0.25, 0.3) is 20.0 Å². The van der Waals surface area contributed by atoms with E-state index in [1.165, 1.54) is 36.4 Å². The first kappa shape index (κ1) is 28.1. The van der Waals surface area contributed by atoms with Crippen molar-refractivity contribution >= 4 is 41.3 Å². The van der Waals surface area contributed by atoms with Gasteiger partial charge >= 0.3 is 0 Å². The molecule has 0 spiro atoms. The summed E-state index contributed by atoms with van der Waals surface area (Å²) in [5.41, 5.74) is 3.13. The van der Waals surface area contributed by atoms with Crippen molar-refractivity contribution in [3.63, 3.8) is 0 Å². The van der Waals surface area contributed by atoms with E-state index >= 15 is 0 Å². The molecule has 0 radical (unpaired) electrons. The molecule has 3 aromatic rings. The Morgan fingerprint density at radius 2 is 1.32 bits per heavy atom. The molecule has 1 heterocycles. The smallest absolute Gasteiger partial charge is 0.264 e. The number of aliphatic hydroxyl groups is 1. The lowest BCUT2D eigenvalue weighted by Crippen LogP contribution is -2.47. The van der Waals surface area contributed by atoms with Crippen LogP contribution in [0.15, 0.2) is 70.5 Å². The lowest BCUT2D eigenvalue weighted by atomic mass is 10.2. The van der Waals surface area contributed by atoms with Gasteiger partial charge in [0.2, 0.25) is 0 Å². The zero-order chi connectivity index (χ0) is 28.0. The molecule has 4 rings (SSSR count). The number of sulfonamides is 2. The molecule has 38 heavy (non-hydrogen) atoms. The van der Waals surface area contributed by atoms with E-state index in [1.54, 1.807) is 38.1 Å². The van der Waals surface area contributed by atoms with Crippen LogP contribution >= 0.6 is 0 Å². The molecule has 0 aliphatic carbocycles. The molecule has 0 bridgehead atoms. The topological polar surface area (TPSA) is 138 Å². The predicted octanol–water partition coefficient (Wildman–Crippen LogP) is 3.07. The van der Waals surface area contributed by atoms with Gasteiger partial charge in [-0.25, -0.2) is 25.3 Å². The second kappa shape index (κ2) is 9.99. The van der Waals surface area contributed by atoms with Gasteiger partial charge in [0.1, 0.15) is 0 Å². The van der Waals surface area contributed by atoms with Crippen molar-refractivity contribution in [2.24, 2.45) is 0 Å². The first-order valence-electron chi connectivity index (χ1n) is 11.8. The normalized spacial score (nSPS) is 19.3. The summed E-state index contributed by atoms with van der Waals surface area (Å²) in [5.74, 6) is -1.09. The molecule has 0 aromatic heterocycles. The van der Waals surface area contributed by atoms with Crippen molar-refractivity contribution < 1.29 is 30.4 Å². The number of nitrogens with zero attached hydrogens (tertiary/aromatic N) is 1. The minimum Gasteiger partial charge on any atom is -0.390 e. The second-order valence-electron chi connectivity index (χ2n) is 9.70. The highest BCUT2D eigenvalue weighted by molar-refractivity contribution is 7.93. The molecule has 0 unspecified atom stereocenters. The number of aryl methyl sites for hydroxylation is 4. The van der Waals surface area contributed by atoms with Gasteiger partial charge < -0.3 is 5.11 Å². The number of sulfone groups is 1. The fraction of sp³-hybridized carbons (Fsp3) is 0.308. The summed E-state index contributed by atoms with van der Waals surface area (Å²) in [6.45, 7) is 7.03. The van der Waals surface area contributed by atoms with Gasteiger partial charge in [0.05, 0.1) is 39.1 Å². The van der Waals surface area contributed by atoms with Crippen molar-refractivity contribution in [3.05, 3.63) is 82.9 Å². The first-order valence-corrected chi connectivity index (χ1v) is 16.6. The maximum absolute atomic E-state index is 13.9. The predicted molar refractivity (Wildman–Crippen MR) is 147 cm³/mol. The molecule has 9 nitrogen and oxygen atoms in total. The summed E-state index contributed by atoms with van der Waals surface area (Å²) in [7, 11) is -11.9. The van der Waals surface area contributed by atoms with E-state index in [0.717, 1.165) is 15.4 Å². The minimum absolute atomic E-state index is 0.0146. The standard InChI is InChI=1S/C26H30N2O7S3/c1-17-5-11-25(19(3)13-17)37(32,33)27-21-7-9-22(10-8-21)28(23-15-36(30,31)16-24(23)29)38(34,35)26-12-6-18(2)14-20(26)4/h5-14,23-24,27,29H,15-16H2,1-4H3/t23-,24+/m0/s1. The van der Waals surface area contributed by atoms with E-state index < -0.39 is 53.5 Å². The van der Waals surface area contributed by atoms with E-state index in [-0.39, 0.29) is 21.2 Å². The van der Waals surface area contributed by atoms with E-state index in [1.807, 2.05) is 13.8 Å². The zero-order valence-electron chi connectivity index (χ0n) is 21.4. The van der Waals surface area contributed by atoms with Crippen LogP contribution in [0, 0.1) is 27.7 Å². The summed E-state index contributed by atoms with van der Waals surface area (Å²) in [6.07, 6.45) is -1.43. The van der Waals surface area contributed by atoms with Gasteiger partial charge in [-0.3, -0.25) is 9.03 Å². The van der Waals surface area contributed by atoms with Gasteiger partial charge in [0.15, 0.2) is 9.84 Å². The number of benzene rings is 3. The Morgan fingerprint density at radius 3 is 1.79 bits per heavy atom. The van der Waals surface area contributed by atoms with E-state index in [9.17, 15) is 30.4 Å². The largest absolute Gasteiger partial charge is 0.390 e. The number of hydrogen-bond donors (Lipinski definition) is 2. The van der Waals surface area contributed by atoms with Crippen LogP contribution in [0.5, 0.6) is 0 Å². The molecule has 1 aliphatic rings. The van der Waals surface area contributed by atoms with Crippen LogP contribution in [0.4, 0.5) is 11.4 Å². The van der Waals surface area contributed by atoms with Crippen LogP contribution in [0.1, 0.15) is 22.3 Å². The van der Waals surface area contributed by atoms with Crippen LogP contribution < -0.4 is 9.03 Å². The molecule has 3 aromatic carbocycles. The van der Waals surface area contributed by atoms with E-state index in [4.69, 9.17) is 0 Å². The Morgan fingerprint density at radius 1 is 0.789 bits per heavy atom. The molecule has 12 heteroatoms. The van der Waals surface area contributed by atoms with Gasteiger partial charge in [-0.15, -0.1) is 0 Å². The van der Waals surface area contributed by atoms with Crippen LogP contribution in [0.25, 0.3) is 0 Å². The van der Waals surface area contributed by atoms with Crippen LogP contribution in [-0.4, -0.2) is 54.0 Å². The second-order valence-corrected chi connectivity index (χ2v) is 15.3. The first-order chi connectivity index (χ1) is 17.6. The maximum Gasteiger partial charge on any atom is 0.264 e. The third-order valence-electron chi connectivity index (χ3n) is 6.46. The fourth-order valence-electron chi connectivity index (χ4n) is 4.73. The summed E-state index contributed by atoms with van der Waals surface area (Å²) in [5, 5.41) is 10.6. The van der Waals surface area contributed by atoms with Gasteiger partial charge in [0, 0.05) is 5.69 Å². The Balaban J connectivity index is 1.74. The molecule has 1 fully saturated rings. The number of nitrogens with one attached hydrogen (secondary N) is 1. The van der Waals surface area contributed by atoms with Gasteiger partial charge in [-0.2, -0.15) is 0 Å². The molecule has 2 N–H and O–H groups in total. The molecule has 0 amide bonds. The van der Waals surface area contributed by atoms with Crippen molar-refractivity contribution in [2.75, 3.05) is 20.5 Å².